The zero-order valence-electron chi connectivity index (χ0n) is 18.4. The fourth-order valence-electron chi connectivity index (χ4n) is 3.94. The van der Waals surface area contributed by atoms with E-state index in [-0.39, 0.29) is 11.8 Å². The third kappa shape index (κ3) is 5.22. The van der Waals surface area contributed by atoms with Gasteiger partial charge in [-0.2, -0.15) is 0 Å². The predicted octanol–water partition coefficient (Wildman–Crippen LogP) is 1.14. The van der Waals surface area contributed by atoms with E-state index in [1.807, 2.05) is 4.90 Å². The van der Waals surface area contributed by atoms with Gasteiger partial charge in [-0.1, -0.05) is 12.1 Å². The summed E-state index contributed by atoms with van der Waals surface area (Å²) < 4.78 is 5.24. The molecule has 2 amide bonds. The first kappa shape index (κ1) is 21.7. The van der Waals surface area contributed by atoms with Crippen molar-refractivity contribution in [3.05, 3.63) is 54.0 Å². The molecule has 2 fully saturated rings. The molecule has 32 heavy (non-hydrogen) atoms. The summed E-state index contributed by atoms with van der Waals surface area (Å²) in [7, 11) is 0. The molecule has 9 heteroatoms. The molecule has 0 saturated carbocycles. The molecule has 0 unspecified atom stereocenters. The van der Waals surface area contributed by atoms with Crippen molar-refractivity contribution < 1.29 is 14.0 Å². The molecule has 2 aliphatic rings. The number of piperazine rings is 2. The van der Waals surface area contributed by atoms with E-state index >= 15 is 0 Å². The van der Waals surface area contributed by atoms with E-state index in [4.69, 9.17) is 9.41 Å². The van der Waals surface area contributed by atoms with Gasteiger partial charge in [0, 0.05) is 51.5 Å². The minimum atomic E-state index is -0.0668. The number of carbonyl (C=O) groups is 2. The summed E-state index contributed by atoms with van der Waals surface area (Å²) in [6.45, 7) is 7.98. The van der Waals surface area contributed by atoms with Gasteiger partial charge in [0.1, 0.15) is 0 Å². The van der Waals surface area contributed by atoms with E-state index in [0.717, 1.165) is 30.3 Å². The zero-order valence-corrected chi connectivity index (χ0v) is 18.4. The van der Waals surface area contributed by atoms with Crippen molar-refractivity contribution in [3.8, 4) is 0 Å². The van der Waals surface area contributed by atoms with Gasteiger partial charge in [-0.05, 0) is 36.8 Å². The van der Waals surface area contributed by atoms with E-state index in [9.17, 15) is 9.59 Å². The number of anilines is 1. The number of rotatable bonds is 5. The van der Waals surface area contributed by atoms with E-state index in [0.29, 0.717) is 51.6 Å². The van der Waals surface area contributed by atoms with E-state index < -0.39 is 0 Å². The quantitative estimate of drug-likeness (QED) is 0.537. The van der Waals surface area contributed by atoms with Crippen LogP contribution in [0.4, 0.5) is 5.69 Å². The Hall–Kier alpha value is -3.49. The number of amides is 2. The first-order chi connectivity index (χ1) is 15.6. The van der Waals surface area contributed by atoms with Gasteiger partial charge in [-0.3, -0.25) is 9.59 Å². The largest absolute Gasteiger partial charge is 0.459 e. The summed E-state index contributed by atoms with van der Waals surface area (Å²) in [6.07, 6.45) is 1.52. The van der Waals surface area contributed by atoms with Crippen LogP contribution < -0.4 is 15.5 Å². The van der Waals surface area contributed by atoms with Crippen molar-refractivity contribution in [2.24, 2.45) is 4.99 Å². The zero-order chi connectivity index (χ0) is 22.3. The standard InChI is InChI=1S/C23H30N6O3/c1-2-24-23(28-13-11-27(12-14-28)22(31)20-4-3-15-32-20)26-16-18-5-7-19(8-6-18)29-10-9-25-21(30)17-29/h3-8,15H,2,9-14,16-17H2,1H3,(H,24,26)(H,25,30). The van der Waals surface area contributed by atoms with Gasteiger partial charge in [0.05, 0.1) is 19.4 Å². The molecule has 1 aromatic heterocycles. The molecule has 4 rings (SSSR count). The number of guanidine groups is 1. The van der Waals surface area contributed by atoms with Gasteiger partial charge in [-0.15, -0.1) is 0 Å². The molecule has 0 atom stereocenters. The van der Waals surface area contributed by atoms with Crippen LogP contribution in [0.1, 0.15) is 23.0 Å². The molecule has 2 N–H and O–H groups in total. The molecule has 0 bridgehead atoms. The molecule has 9 nitrogen and oxygen atoms in total. The number of nitrogens with zero attached hydrogens (tertiary/aromatic N) is 4. The number of aliphatic imine (C=N–C) groups is 1. The molecule has 3 heterocycles. The lowest BCUT2D eigenvalue weighted by molar-refractivity contribution is -0.120. The van der Waals surface area contributed by atoms with Crippen LogP contribution in [0.2, 0.25) is 0 Å². The van der Waals surface area contributed by atoms with Crippen LogP contribution in [0.3, 0.4) is 0 Å². The molecular formula is C23H30N6O3. The van der Waals surface area contributed by atoms with Gasteiger partial charge in [0.2, 0.25) is 5.91 Å². The van der Waals surface area contributed by atoms with Crippen LogP contribution in [0.25, 0.3) is 0 Å². The lowest BCUT2D eigenvalue weighted by Crippen LogP contribution is -2.53. The molecule has 0 aliphatic carbocycles. The fraction of sp³-hybridized carbons (Fsp3) is 0.435. The van der Waals surface area contributed by atoms with Crippen molar-refractivity contribution in [1.82, 2.24) is 20.4 Å². The summed E-state index contributed by atoms with van der Waals surface area (Å²) in [5.41, 5.74) is 2.16. The molecule has 2 saturated heterocycles. The van der Waals surface area contributed by atoms with Crippen LogP contribution in [0.5, 0.6) is 0 Å². The van der Waals surface area contributed by atoms with Gasteiger partial charge in [-0.25, -0.2) is 4.99 Å². The molecule has 2 aromatic rings. The van der Waals surface area contributed by atoms with Crippen molar-refractivity contribution in [3.63, 3.8) is 0 Å². The minimum absolute atomic E-state index is 0.0613. The predicted molar refractivity (Wildman–Crippen MR) is 123 cm³/mol. The number of benzene rings is 1. The second-order valence-electron chi connectivity index (χ2n) is 7.86. The Morgan fingerprint density at radius 2 is 1.84 bits per heavy atom. The maximum Gasteiger partial charge on any atom is 0.289 e. The Balaban J connectivity index is 1.34. The third-order valence-electron chi connectivity index (χ3n) is 5.68. The average Bonchev–Trinajstić information content (AvgIpc) is 3.37. The maximum atomic E-state index is 12.5. The van der Waals surface area contributed by atoms with Crippen molar-refractivity contribution >= 4 is 23.5 Å². The summed E-state index contributed by atoms with van der Waals surface area (Å²) in [5, 5.41) is 6.21. The number of carbonyl (C=O) groups excluding carboxylic acids is 2. The molecule has 170 valence electrons. The van der Waals surface area contributed by atoms with E-state index in [2.05, 4.69) is 51.6 Å². The number of hydrogen-bond donors (Lipinski definition) is 2. The molecule has 0 spiro atoms. The smallest absolute Gasteiger partial charge is 0.289 e. The van der Waals surface area contributed by atoms with Crippen LogP contribution in [-0.2, 0) is 11.3 Å². The van der Waals surface area contributed by atoms with E-state index in [1.165, 1.54) is 6.26 Å². The Kier molecular flexibility index (Phi) is 6.94. The van der Waals surface area contributed by atoms with Crippen LogP contribution >= 0.6 is 0 Å². The summed E-state index contributed by atoms with van der Waals surface area (Å²) in [5.74, 6) is 1.23. The number of furan rings is 1. The SMILES string of the molecule is CCNC(=NCc1ccc(N2CCNC(=O)C2)cc1)N1CCN(C(=O)c2ccco2)CC1. The normalized spacial score (nSPS) is 17.3. The first-order valence-corrected chi connectivity index (χ1v) is 11.1. The van der Waals surface area contributed by atoms with E-state index in [1.54, 1.807) is 12.1 Å². The highest BCUT2D eigenvalue weighted by Gasteiger charge is 2.25. The highest BCUT2D eigenvalue weighted by molar-refractivity contribution is 5.91. The number of nitrogens with one attached hydrogen (secondary N) is 2. The lowest BCUT2D eigenvalue weighted by atomic mass is 10.2. The van der Waals surface area contributed by atoms with Crippen molar-refractivity contribution in [2.75, 3.05) is 57.3 Å². The summed E-state index contributed by atoms with van der Waals surface area (Å²) in [4.78, 5) is 35.0. The Morgan fingerprint density at radius 3 is 2.50 bits per heavy atom. The van der Waals surface area contributed by atoms with Crippen LogP contribution in [0, 0.1) is 0 Å². The molecule has 1 aromatic carbocycles. The number of hydrogen-bond acceptors (Lipinski definition) is 5. The Labute approximate surface area is 188 Å². The third-order valence-corrected chi connectivity index (χ3v) is 5.68. The highest BCUT2D eigenvalue weighted by atomic mass is 16.3. The Morgan fingerprint density at radius 1 is 1.09 bits per heavy atom. The molecule has 2 aliphatic heterocycles. The minimum Gasteiger partial charge on any atom is -0.459 e. The summed E-state index contributed by atoms with van der Waals surface area (Å²) >= 11 is 0. The van der Waals surface area contributed by atoms with Crippen LogP contribution in [-0.4, -0.2) is 79.9 Å². The second-order valence-corrected chi connectivity index (χ2v) is 7.86. The van der Waals surface area contributed by atoms with Crippen LogP contribution in [0.15, 0.2) is 52.1 Å². The molecule has 0 radical (unpaired) electrons. The summed E-state index contributed by atoms with van der Waals surface area (Å²) in [6, 6.07) is 11.7. The van der Waals surface area contributed by atoms with Gasteiger partial charge in [0.15, 0.2) is 11.7 Å². The first-order valence-electron chi connectivity index (χ1n) is 11.1. The van der Waals surface area contributed by atoms with Gasteiger partial charge < -0.3 is 29.8 Å². The molecular weight excluding hydrogens is 408 g/mol. The average molecular weight is 439 g/mol. The van der Waals surface area contributed by atoms with Crippen molar-refractivity contribution in [2.45, 2.75) is 13.5 Å². The Bertz CT molecular complexity index is 933. The fourth-order valence-corrected chi connectivity index (χ4v) is 3.94. The van der Waals surface area contributed by atoms with Gasteiger partial charge >= 0.3 is 0 Å². The second kappa shape index (κ2) is 10.2. The maximum absolute atomic E-state index is 12.5. The topological polar surface area (TPSA) is 93.4 Å². The van der Waals surface area contributed by atoms with Gasteiger partial charge in [0.25, 0.3) is 5.91 Å². The highest BCUT2D eigenvalue weighted by Crippen LogP contribution is 2.17. The van der Waals surface area contributed by atoms with Crippen molar-refractivity contribution in [1.29, 1.82) is 0 Å². The monoisotopic (exact) mass is 438 g/mol. The lowest BCUT2D eigenvalue weighted by Gasteiger charge is -2.36.